The molecule has 0 unspecified atom stereocenters. The number of nitrogens with one attached hydrogen (secondary N) is 1. The molecule has 156 valence electrons. The Balaban J connectivity index is 1.51. The minimum Gasteiger partial charge on any atom is -0.467 e. The van der Waals surface area contributed by atoms with Crippen molar-refractivity contribution in [2.75, 3.05) is 6.61 Å². The molecule has 4 aromatic rings. The van der Waals surface area contributed by atoms with E-state index in [0.717, 1.165) is 11.3 Å². The highest BCUT2D eigenvalue weighted by atomic mass is 16.5. The van der Waals surface area contributed by atoms with Crippen LogP contribution in [-0.2, 0) is 9.53 Å². The van der Waals surface area contributed by atoms with Gasteiger partial charge in [0.25, 0.3) is 5.91 Å². The average molecular weight is 415 g/mol. The Hall–Kier alpha value is -4.13. The van der Waals surface area contributed by atoms with Gasteiger partial charge in [-0.3, -0.25) is 4.79 Å². The molecule has 0 aliphatic rings. The Kier molecular flexibility index (Phi) is 5.93. The van der Waals surface area contributed by atoms with Crippen LogP contribution in [0.15, 0.2) is 89.7 Å². The van der Waals surface area contributed by atoms with Crippen molar-refractivity contribution in [1.29, 1.82) is 0 Å². The van der Waals surface area contributed by atoms with Crippen molar-refractivity contribution >= 4 is 11.9 Å². The van der Waals surface area contributed by atoms with E-state index >= 15 is 0 Å². The number of hydrogen-bond donors (Lipinski definition) is 1. The van der Waals surface area contributed by atoms with Crippen LogP contribution < -0.4 is 5.32 Å². The van der Waals surface area contributed by atoms with Crippen LogP contribution in [0, 0.1) is 0 Å². The minimum absolute atomic E-state index is 0.280. The molecular weight excluding hydrogens is 394 g/mol. The van der Waals surface area contributed by atoms with Crippen LogP contribution in [0.3, 0.4) is 0 Å². The van der Waals surface area contributed by atoms with Gasteiger partial charge in [-0.2, -0.15) is 5.10 Å². The monoisotopic (exact) mass is 415 g/mol. The number of amides is 1. The maximum atomic E-state index is 12.8. The summed E-state index contributed by atoms with van der Waals surface area (Å²) in [5.74, 6) is -0.425. The highest BCUT2D eigenvalue weighted by Gasteiger charge is 2.21. The maximum Gasteiger partial charge on any atom is 0.342 e. The molecule has 2 heterocycles. The Morgan fingerprint density at radius 2 is 1.74 bits per heavy atom. The molecule has 0 radical (unpaired) electrons. The summed E-state index contributed by atoms with van der Waals surface area (Å²) in [7, 11) is 0. The lowest BCUT2D eigenvalue weighted by molar-refractivity contribution is -0.125. The molecule has 0 fully saturated rings. The smallest absolute Gasteiger partial charge is 0.342 e. The number of furan rings is 1. The summed E-state index contributed by atoms with van der Waals surface area (Å²) in [6.07, 6.45) is 3.15. The number of nitrogens with zero attached hydrogens (tertiary/aromatic N) is 2. The molecule has 0 saturated carbocycles. The number of benzene rings is 2. The van der Waals surface area contributed by atoms with Gasteiger partial charge in [0.2, 0.25) is 0 Å². The molecule has 0 saturated heterocycles. The largest absolute Gasteiger partial charge is 0.467 e. The van der Waals surface area contributed by atoms with Gasteiger partial charge in [-0.25, -0.2) is 9.48 Å². The van der Waals surface area contributed by atoms with E-state index in [1.165, 1.54) is 6.26 Å². The van der Waals surface area contributed by atoms with Crippen LogP contribution in [0.1, 0.15) is 29.1 Å². The van der Waals surface area contributed by atoms with Gasteiger partial charge < -0.3 is 14.5 Å². The first-order valence-corrected chi connectivity index (χ1v) is 9.82. The fourth-order valence-electron chi connectivity index (χ4n) is 3.15. The number of ether oxygens (including phenoxy) is 1. The van der Waals surface area contributed by atoms with Crippen molar-refractivity contribution in [3.8, 4) is 16.9 Å². The van der Waals surface area contributed by atoms with Crippen LogP contribution in [0.2, 0.25) is 0 Å². The summed E-state index contributed by atoms with van der Waals surface area (Å²) in [6, 6.07) is 22.0. The van der Waals surface area contributed by atoms with E-state index in [1.54, 1.807) is 29.9 Å². The van der Waals surface area contributed by atoms with Crippen LogP contribution in [-0.4, -0.2) is 28.3 Å². The zero-order valence-corrected chi connectivity index (χ0v) is 16.9. The lowest BCUT2D eigenvalue weighted by atomic mass is 10.1. The van der Waals surface area contributed by atoms with E-state index < -0.39 is 18.5 Å². The standard InChI is InChI=1S/C24H21N3O4/c1-17(21-13-8-14-30-21)25-22(28)16-31-24(29)20-15-27(19-11-6-3-7-12-19)26-23(20)18-9-4-2-5-10-18/h2-15,17H,16H2,1H3,(H,25,28)/t17-/m1/s1. The average Bonchev–Trinajstić information content (AvgIpc) is 3.49. The first kappa shape index (κ1) is 20.2. The maximum absolute atomic E-state index is 12.8. The first-order valence-electron chi connectivity index (χ1n) is 9.82. The van der Waals surface area contributed by atoms with Crippen molar-refractivity contribution in [3.63, 3.8) is 0 Å². The van der Waals surface area contributed by atoms with Gasteiger partial charge in [0.1, 0.15) is 17.0 Å². The summed E-state index contributed by atoms with van der Waals surface area (Å²) in [5.41, 5.74) is 2.35. The van der Waals surface area contributed by atoms with E-state index in [2.05, 4.69) is 10.4 Å². The molecule has 0 bridgehead atoms. The van der Waals surface area contributed by atoms with Gasteiger partial charge >= 0.3 is 5.97 Å². The summed E-state index contributed by atoms with van der Waals surface area (Å²) in [6.45, 7) is 1.38. The predicted octanol–water partition coefficient (Wildman–Crippen LogP) is 4.17. The van der Waals surface area contributed by atoms with Crippen molar-refractivity contribution in [2.24, 2.45) is 0 Å². The lowest BCUT2D eigenvalue weighted by Gasteiger charge is -2.11. The molecule has 1 atom stereocenters. The summed E-state index contributed by atoms with van der Waals surface area (Å²) in [4.78, 5) is 25.0. The molecule has 1 amide bonds. The summed E-state index contributed by atoms with van der Waals surface area (Å²) >= 11 is 0. The summed E-state index contributed by atoms with van der Waals surface area (Å²) < 4.78 is 12.2. The topological polar surface area (TPSA) is 86.4 Å². The van der Waals surface area contributed by atoms with Gasteiger partial charge in [-0.05, 0) is 31.2 Å². The third-order valence-electron chi connectivity index (χ3n) is 4.68. The Labute approximate surface area is 179 Å². The van der Waals surface area contributed by atoms with E-state index in [0.29, 0.717) is 11.5 Å². The molecule has 31 heavy (non-hydrogen) atoms. The molecule has 0 spiro atoms. The molecule has 0 aliphatic carbocycles. The number of para-hydroxylation sites is 1. The van der Waals surface area contributed by atoms with E-state index in [-0.39, 0.29) is 11.6 Å². The second-order valence-electron chi connectivity index (χ2n) is 6.92. The van der Waals surface area contributed by atoms with Crippen LogP contribution in [0.4, 0.5) is 0 Å². The number of carbonyl (C=O) groups excluding carboxylic acids is 2. The Morgan fingerprint density at radius 1 is 1.03 bits per heavy atom. The molecule has 7 heteroatoms. The van der Waals surface area contributed by atoms with Crippen LogP contribution in [0.25, 0.3) is 16.9 Å². The molecule has 2 aromatic heterocycles. The number of hydrogen-bond acceptors (Lipinski definition) is 5. The zero-order chi connectivity index (χ0) is 21.6. The predicted molar refractivity (Wildman–Crippen MR) is 115 cm³/mol. The highest BCUT2D eigenvalue weighted by molar-refractivity contribution is 5.97. The van der Waals surface area contributed by atoms with Crippen molar-refractivity contribution in [1.82, 2.24) is 15.1 Å². The Bertz CT molecular complexity index is 1150. The van der Waals surface area contributed by atoms with Gasteiger partial charge in [0.05, 0.1) is 18.0 Å². The molecule has 4 rings (SSSR count). The van der Waals surface area contributed by atoms with Gasteiger partial charge in [0, 0.05) is 11.8 Å². The fraction of sp³-hybridized carbons (Fsp3) is 0.125. The van der Waals surface area contributed by atoms with E-state index in [1.807, 2.05) is 60.7 Å². The van der Waals surface area contributed by atoms with E-state index in [9.17, 15) is 9.59 Å². The minimum atomic E-state index is -0.623. The number of rotatable bonds is 7. The molecule has 1 N–H and O–H groups in total. The lowest BCUT2D eigenvalue weighted by Crippen LogP contribution is -2.31. The van der Waals surface area contributed by atoms with Crippen molar-refractivity contribution in [3.05, 3.63) is 96.6 Å². The number of aromatic nitrogens is 2. The Morgan fingerprint density at radius 3 is 2.42 bits per heavy atom. The number of carbonyl (C=O) groups is 2. The third kappa shape index (κ3) is 4.72. The third-order valence-corrected chi connectivity index (χ3v) is 4.68. The molecule has 0 aliphatic heterocycles. The quantitative estimate of drug-likeness (QED) is 0.458. The molecule has 7 nitrogen and oxygen atoms in total. The number of esters is 1. The van der Waals surface area contributed by atoms with Crippen molar-refractivity contribution < 1.29 is 18.7 Å². The molecule has 2 aromatic carbocycles. The van der Waals surface area contributed by atoms with Crippen LogP contribution >= 0.6 is 0 Å². The van der Waals surface area contributed by atoms with Crippen molar-refractivity contribution in [2.45, 2.75) is 13.0 Å². The zero-order valence-electron chi connectivity index (χ0n) is 16.9. The van der Waals surface area contributed by atoms with Gasteiger partial charge in [-0.1, -0.05) is 48.5 Å². The van der Waals surface area contributed by atoms with Crippen LogP contribution in [0.5, 0.6) is 0 Å². The summed E-state index contributed by atoms with van der Waals surface area (Å²) in [5, 5.41) is 7.32. The first-order chi connectivity index (χ1) is 15.1. The van der Waals surface area contributed by atoms with E-state index in [4.69, 9.17) is 9.15 Å². The highest BCUT2D eigenvalue weighted by Crippen LogP contribution is 2.24. The fourth-order valence-corrected chi connectivity index (χ4v) is 3.15. The second kappa shape index (κ2) is 9.13. The second-order valence-corrected chi connectivity index (χ2v) is 6.92. The normalized spacial score (nSPS) is 11.6. The van der Waals surface area contributed by atoms with Gasteiger partial charge in [-0.15, -0.1) is 0 Å². The van der Waals surface area contributed by atoms with Gasteiger partial charge in [0.15, 0.2) is 6.61 Å². The SMILES string of the molecule is C[C@@H](NC(=O)COC(=O)c1cn(-c2ccccc2)nc1-c1ccccc1)c1ccco1. The molecular formula is C24H21N3O4.